The first-order chi connectivity index (χ1) is 7.72. The summed E-state index contributed by atoms with van der Waals surface area (Å²) in [6.45, 7) is 4.57. The molecule has 1 aliphatic heterocycles. The SMILES string of the molecule is CCCCNC(=O)NCC1(OC)CCOC1. The van der Waals surface area contributed by atoms with Gasteiger partial charge in [-0.25, -0.2) is 4.79 Å². The molecule has 0 aromatic carbocycles. The first-order valence-electron chi connectivity index (χ1n) is 5.87. The molecule has 0 saturated carbocycles. The standard InChI is InChI=1S/C11H22N2O3/c1-3-4-6-12-10(14)13-8-11(15-2)5-7-16-9-11/h3-9H2,1-2H3,(H2,12,13,14). The topological polar surface area (TPSA) is 59.6 Å². The van der Waals surface area contributed by atoms with E-state index < -0.39 is 0 Å². The van der Waals surface area contributed by atoms with Crippen molar-refractivity contribution < 1.29 is 14.3 Å². The van der Waals surface area contributed by atoms with Crippen molar-refractivity contribution in [2.75, 3.05) is 33.4 Å². The number of unbranched alkanes of at least 4 members (excludes halogenated alkanes) is 1. The van der Waals surface area contributed by atoms with Crippen molar-refractivity contribution in [2.45, 2.75) is 31.8 Å². The van der Waals surface area contributed by atoms with Gasteiger partial charge in [0.2, 0.25) is 0 Å². The fourth-order valence-corrected chi connectivity index (χ4v) is 1.64. The molecule has 1 aliphatic rings. The Labute approximate surface area is 96.9 Å². The predicted molar refractivity (Wildman–Crippen MR) is 61.5 cm³/mol. The third-order valence-electron chi connectivity index (χ3n) is 2.89. The third-order valence-corrected chi connectivity index (χ3v) is 2.89. The molecule has 94 valence electrons. The number of urea groups is 1. The highest BCUT2D eigenvalue weighted by atomic mass is 16.5. The number of rotatable bonds is 6. The van der Waals surface area contributed by atoms with Crippen LogP contribution >= 0.6 is 0 Å². The molecule has 0 aliphatic carbocycles. The van der Waals surface area contributed by atoms with E-state index in [1.807, 2.05) is 0 Å². The lowest BCUT2D eigenvalue weighted by atomic mass is 10.0. The van der Waals surface area contributed by atoms with Crippen molar-refractivity contribution in [3.63, 3.8) is 0 Å². The fraction of sp³-hybridized carbons (Fsp3) is 0.909. The van der Waals surface area contributed by atoms with Gasteiger partial charge in [-0.05, 0) is 6.42 Å². The Kier molecular flexibility index (Phi) is 5.55. The lowest BCUT2D eigenvalue weighted by Gasteiger charge is -2.25. The van der Waals surface area contributed by atoms with Gasteiger partial charge in [-0.3, -0.25) is 0 Å². The number of carbonyl (C=O) groups excluding carboxylic acids is 1. The summed E-state index contributed by atoms with van der Waals surface area (Å²) in [6, 6.07) is -0.128. The van der Waals surface area contributed by atoms with Crippen LogP contribution in [0.5, 0.6) is 0 Å². The van der Waals surface area contributed by atoms with E-state index in [0.717, 1.165) is 25.8 Å². The summed E-state index contributed by atoms with van der Waals surface area (Å²) in [5.74, 6) is 0. The van der Waals surface area contributed by atoms with Gasteiger partial charge in [0, 0.05) is 26.7 Å². The first kappa shape index (κ1) is 13.3. The molecule has 1 rings (SSSR count). The van der Waals surface area contributed by atoms with E-state index in [1.54, 1.807) is 7.11 Å². The highest BCUT2D eigenvalue weighted by Crippen LogP contribution is 2.21. The van der Waals surface area contributed by atoms with Gasteiger partial charge in [0.15, 0.2) is 0 Å². The smallest absolute Gasteiger partial charge is 0.314 e. The molecular weight excluding hydrogens is 208 g/mol. The summed E-state index contributed by atoms with van der Waals surface area (Å²) < 4.78 is 10.7. The molecular formula is C11H22N2O3. The van der Waals surface area contributed by atoms with E-state index in [2.05, 4.69) is 17.6 Å². The number of ether oxygens (including phenoxy) is 2. The predicted octanol–water partition coefficient (Wildman–Crippen LogP) is 0.891. The highest BCUT2D eigenvalue weighted by molar-refractivity contribution is 5.73. The van der Waals surface area contributed by atoms with Gasteiger partial charge in [0.1, 0.15) is 5.60 Å². The third kappa shape index (κ3) is 3.98. The molecule has 1 fully saturated rings. The van der Waals surface area contributed by atoms with Crippen molar-refractivity contribution in [2.24, 2.45) is 0 Å². The van der Waals surface area contributed by atoms with Crippen LogP contribution < -0.4 is 10.6 Å². The maximum atomic E-state index is 11.4. The molecule has 0 aromatic rings. The van der Waals surface area contributed by atoms with E-state index in [1.165, 1.54) is 0 Å². The maximum absolute atomic E-state index is 11.4. The van der Waals surface area contributed by atoms with Crippen LogP contribution in [0.4, 0.5) is 4.79 Å². The molecule has 0 aromatic heterocycles. The lowest BCUT2D eigenvalue weighted by Crippen LogP contribution is -2.48. The summed E-state index contributed by atoms with van der Waals surface area (Å²) in [6.07, 6.45) is 2.92. The summed E-state index contributed by atoms with van der Waals surface area (Å²) in [4.78, 5) is 11.4. The van der Waals surface area contributed by atoms with E-state index >= 15 is 0 Å². The molecule has 1 heterocycles. The number of nitrogens with one attached hydrogen (secondary N) is 2. The van der Waals surface area contributed by atoms with Crippen LogP contribution in [0.25, 0.3) is 0 Å². The average molecular weight is 230 g/mol. The Balaban J connectivity index is 2.19. The molecule has 0 spiro atoms. The quantitative estimate of drug-likeness (QED) is 0.666. The molecule has 1 atom stereocenters. The van der Waals surface area contributed by atoms with Crippen molar-refractivity contribution in [1.82, 2.24) is 10.6 Å². The van der Waals surface area contributed by atoms with Crippen molar-refractivity contribution >= 4 is 6.03 Å². The Bertz CT molecular complexity index is 215. The van der Waals surface area contributed by atoms with Crippen molar-refractivity contribution in [1.29, 1.82) is 0 Å². The van der Waals surface area contributed by atoms with Gasteiger partial charge in [-0.15, -0.1) is 0 Å². The van der Waals surface area contributed by atoms with Gasteiger partial charge in [0.05, 0.1) is 13.2 Å². The van der Waals surface area contributed by atoms with Crippen LogP contribution in [0.15, 0.2) is 0 Å². The number of methoxy groups -OCH3 is 1. The highest BCUT2D eigenvalue weighted by Gasteiger charge is 2.35. The van der Waals surface area contributed by atoms with Crippen molar-refractivity contribution in [3.05, 3.63) is 0 Å². The van der Waals surface area contributed by atoms with Crippen molar-refractivity contribution in [3.8, 4) is 0 Å². The minimum Gasteiger partial charge on any atom is -0.378 e. The zero-order valence-electron chi connectivity index (χ0n) is 10.2. The summed E-state index contributed by atoms with van der Waals surface area (Å²) in [7, 11) is 1.66. The summed E-state index contributed by atoms with van der Waals surface area (Å²) >= 11 is 0. The van der Waals surface area contributed by atoms with Crippen LogP contribution in [0, 0.1) is 0 Å². The number of hydrogen-bond acceptors (Lipinski definition) is 3. The molecule has 0 radical (unpaired) electrons. The molecule has 2 N–H and O–H groups in total. The fourth-order valence-electron chi connectivity index (χ4n) is 1.64. The molecule has 0 bridgehead atoms. The zero-order valence-corrected chi connectivity index (χ0v) is 10.2. The molecule has 1 saturated heterocycles. The molecule has 1 unspecified atom stereocenters. The van der Waals surface area contributed by atoms with Crippen LogP contribution in [0.2, 0.25) is 0 Å². The Hall–Kier alpha value is -0.810. The van der Waals surface area contributed by atoms with E-state index in [-0.39, 0.29) is 11.6 Å². The van der Waals surface area contributed by atoms with E-state index in [9.17, 15) is 4.79 Å². The molecule has 5 nitrogen and oxygen atoms in total. The first-order valence-corrected chi connectivity index (χ1v) is 5.87. The normalized spacial score (nSPS) is 24.4. The maximum Gasteiger partial charge on any atom is 0.314 e. The summed E-state index contributed by atoms with van der Waals surface area (Å²) in [5.41, 5.74) is -0.331. The van der Waals surface area contributed by atoms with Crippen LogP contribution in [0.1, 0.15) is 26.2 Å². The summed E-state index contributed by atoms with van der Waals surface area (Å²) in [5, 5.41) is 5.62. The monoisotopic (exact) mass is 230 g/mol. The number of hydrogen-bond donors (Lipinski definition) is 2. The Morgan fingerprint density at radius 2 is 2.31 bits per heavy atom. The number of amides is 2. The Morgan fingerprint density at radius 3 is 2.88 bits per heavy atom. The average Bonchev–Trinajstić information content (AvgIpc) is 2.76. The van der Waals surface area contributed by atoms with Gasteiger partial charge in [0.25, 0.3) is 0 Å². The number of carbonyl (C=O) groups is 1. The van der Waals surface area contributed by atoms with Crippen LogP contribution in [-0.2, 0) is 9.47 Å². The van der Waals surface area contributed by atoms with E-state index in [4.69, 9.17) is 9.47 Å². The van der Waals surface area contributed by atoms with Crippen LogP contribution in [-0.4, -0.2) is 45.0 Å². The second kappa shape index (κ2) is 6.70. The van der Waals surface area contributed by atoms with Gasteiger partial charge in [-0.1, -0.05) is 13.3 Å². The minimum atomic E-state index is -0.331. The van der Waals surface area contributed by atoms with Gasteiger partial charge >= 0.3 is 6.03 Å². The minimum absolute atomic E-state index is 0.128. The molecule has 5 heteroatoms. The van der Waals surface area contributed by atoms with Crippen LogP contribution in [0.3, 0.4) is 0 Å². The van der Waals surface area contributed by atoms with Gasteiger partial charge in [-0.2, -0.15) is 0 Å². The molecule has 16 heavy (non-hydrogen) atoms. The Morgan fingerprint density at radius 1 is 1.50 bits per heavy atom. The second-order valence-corrected chi connectivity index (χ2v) is 4.15. The second-order valence-electron chi connectivity index (χ2n) is 4.15. The lowest BCUT2D eigenvalue weighted by molar-refractivity contribution is -0.0137. The van der Waals surface area contributed by atoms with E-state index in [0.29, 0.717) is 19.8 Å². The zero-order chi connectivity index (χ0) is 11.9. The van der Waals surface area contributed by atoms with Gasteiger partial charge < -0.3 is 20.1 Å². The molecule has 2 amide bonds. The largest absolute Gasteiger partial charge is 0.378 e.